The van der Waals surface area contributed by atoms with Crippen LogP contribution in [0.25, 0.3) is 0 Å². The molecule has 0 aliphatic carbocycles. The van der Waals surface area contributed by atoms with Crippen LogP contribution in [0.2, 0.25) is 0 Å². The molecule has 23 heavy (non-hydrogen) atoms. The molecule has 0 saturated carbocycles. The molecular formula is C15H19N3O4S. The van der Waals surface area contributed by atoms with Crippen molar-refractivity contribution in [2.45, 2.75) is 17.5 Å². The molecule has 1 aromatic carbocycles. The molecule has 7 nitrogen and oxygen atoms in total. The monoisotopic (exact) mass is 337 g/mol. The SMILES string of the molecule is O=S(=O)(NCc1ccccn1)c1ccc(NCC(O)CO)cc1. The van der Waals surface area contributed by atoms with Crippen LogP contribution in [0.4, 0.5) is 5.69 Å². The number of hydrogen-bond donors (Lipinski definition) is 4. The van der Waals surface area contributed by atoms with E-state index in [0.717, 1.165) is 0 Å². The van der Waals surface area contributed by atoms with Gasteiger partial charge in [-0.3, -0.25) is 4.98 Å². The zero-order valence-electron chi connectivity index (χ0n) is 12.4. The molecule has 0 radical (unpaired) electrons. The Morgan fingerprint density at radius 1 is 1.13 bits per heavy atom. The van der Waals surface area contributed by atoms with Gasteiger partial charge >= 0.3 is 0 Å². The van der Waals surface area contributed by atoms with E-state index in [1.54, 1.807) is 36.5 Å². The molecule has 8 heteroatoms. The second-order valence-corrected chi connectivity index (χ2v) is 6.65. The second-order valence-electron chi connectivity index (χ2n) is 4.89. The van der Waals surface area contributed by atoms with Crippen molar-refractivity contribution < 1.29 is 18.6 Å². The van der Waals surface area contributed by atoms with Crippen molar-refractivity contribution in [3.05, 3.63) is 54.4 Å². The van der Waals surface area contributed by atoms with Crippen LogP contribution in [0.1, 0.15) is 5.69 Å². The molecule has 0 saturated heterocycles. The Morgan fingerprint density at radius 3 is 2.48 bits per heavy atom. The van der Waals surface area contributed by atoms with Gasteiger partial charge in [-0.05, 0) is 36.4 Å². The Morgan fingerprint density at radius 2 is 1.87 bits per heavy atom. The predicted molar refractivity (Wildman–Crippen MR) is 86.3 cm³/mol. The van der Waals surface area contributed by atoms with Gasteiger partial charge in [-0.15, -0.1) is 0 Å². The summed E-state index contributed by atoms with van der Waals surface area (Å²) in [5.74, 6) is 0. The molecule has 0 fully saturated rings. The van der Waals surface area contributed by atoms with Gasteiger partial charge in [0.15, 0.2) is 0 Å². The summed E-state index contributed by atoms with van der Waals surface area (Å²) in [6.07, 6.45) is 0.740. The largest absolute Gasteiger partial charge is 0.394 e. The first-order valence-corrected chi connectivity index (χ1v) is 8.52. The van der Waals surface area contributed by atoms with Gasteiger partial charge in [0.1, 0.15) is 0 Å². The van der Waals surface area contributed by atoms with Gasteiger partial charge in [0.05, 0.1) is 29.8 Å². The zero-order chi connectivity index (χ0) is 16.7. The van der Waals surface area contributed by atoms with Crippen LogP contribution in [0.3, 0.4) is 0 Å². The molecular weight excluding hydrogens is 318 g/mol. The minimum absolute atomic E-state index is 0.117. The molecule has 0 bridgehead atoms. The first-order valence-electron chi connectivity index (χ1n) is 7.04. The minimum Gasteiger partial charge on any atom is -0.394 e. The Hall–Kier alpha value is -2.00. The van der Waals surface area contributed by atoms with Crippen LogP contribution in [0, 0.1) is 0 Å². The van der Waals surface area contributed by atoms with Crippen molar-refractivity contribution in [1.29, 1.82) is 0 Å². The summed E-state index contributed by atoms with van der Waals surface area (Å²) < 4.78 is 26.9. The summed E-state index contributed by atoms with van der Waals surface area (Å²) in [6, 6.07) is 11.4. The molecule has 1 heterocycles. The van der Waals surface area contributed by atoms with Gasteiger partial charge in [-0.1, -0.05) is 6.07 Å². The minimum atomic E-state index is -3.62. The summed E-state index contributed by atoms with van der Waals surface area (Å²) in [6.45, 7) is -0.0384. The van der Waals surface area contributed by atoms with E-state index >= 15 is 0 Å². The number of nitrogens with one attached hydrogen (secondary N) is 2. The van der Waals surface area contributed by atoms with Crippen molar-refractivity contribution in [2.75, 3.05) is 18.5 Å². The highest BCUT2D eigenvalue weighted by Crippen LogP contribution is 2.14. The van der Waals surface area contributed by atoms with Crippen LogP contribution >= 0.6 is 0 Å². The smallest absolute Gasteiger partial charge is 0.240 e. The van der Waals surface area contributed by atoms with Gasteiger partial charge in [-0.2, -0.15) is 0 Å². The quantitative estimate of drug-likeness (QED) is 0.552. The third-order valence-electron chi connectivity index (χ3n) is 3.09. The summed E-state index contributed by atoms with van der Waals surface area (Å²) in [7, 11) is -3.62. The van der Waals surface area contributed by atoms with Crippen molar-refractivity contribution >= 4 is 15.7 Å². The first-order chi connectivity index (χ1) is 11.0. The number of anilines is 1. The summed E-state index contributed by atoms with van der Waals surface area (Å²) in [5, 5.41) is 20.9. The molecule has 0 aliphatic heterocycles. The average Bonchev–Trinajstić information content (AvgIpc) is 2.59. The normalized spacial score (nSPS) is 12.8. The molecule has 0 spiro atoms. The lowest BCUT2D eigenvalue weighted by atomic mass is 10.3. The molecule has 1 atom stereocenters. The molecule has 1 unspecified atom stereocenters. The van der Waals surface area contributed by atoms with Crippen molar-refractivity contribution in [2.24, 2.45) is 0 Å². The van der Waals surface area contributed by atoms with E-state index in [1.165, 1.54) is 12.1 Å². The van der Waals surface area contributed by atoms with Crippen molar-refractivity contribution in [3.8, 4) is 0 Å². The molecule has 124 valence electrons. The molecule has 0 amide bonds. The van der Waals surface area contributed by atoms with E-state index < -0.39 is 16.1 Å². The lowest BCUT2D eigenvalue weighted by Crippen LogP contribution is -2.24. The van der Waals surface area contributed by atoms with Gasteiger partial charge in [0, 0.05) is 18.4 Å². The number of nitrogens with zero attached hydrogens (tertiary/aromatic N) is 1. The number of benzene rings is 1. The number of pyridine rings is 1. The van der Waals surface area contributed by atoms with Crippen LogP contribution in [-0.2, 0) is 16.6 Å². The number of rotatable bonds is 8. The summed E-state index contributed by atoms with van der Waals surface area (Å²) in [5.41, 5.74) is 1.29. The van der Waals surface area contributed by atoms with Gasteiger partial charge in [0.2, 0.25) is 10.0 Å². The molecule has 4 N–H and O–H groups in total. The van der Waals surface area contributed by atoms with E-state index in [0.29, 0.717) is 11.4 Å². The Bertz CT molecular complexity index is 705. The predicted octanol–water partition coefficient (Wildman–Crippen LogP) is 0.325. The van der Waals surface area contributed by atoms with E-state index in [2.05, 4.69) is 15.0 Å². The summed E-state index contributed by atoms with van der Waals surface area (Å²) in [4.78, 5) is 4.20. The fourth-order valence-corrected chi connectivity index (χ4v) is 2.81. The van der Waals surface area contributed by atoms with Crippen LogP contribution in [0.15, 0.2) is 53.6 Å². The van der Waals surface area contributed by atoms with Crippen LogP contribution in [0.5, 0.6) is 0 Å². The van der Waals surface area contributed by atoms with E-state index in [4.69, 9.17) is 5.11 Å². The topological polar surface area (TPSA) is 112 Å². The number of aliphatic hydroxyl groups excluding tert-OH is 2. The molecule has 2 aromatic rings. The maximum atomic E-state index is 12.2. The first kappa shape index (κ1) is 17.4. The van der Waals surface area contributed by atoms with Gasteiger partial charge in [-0.25, -0.2) is 13.1 Å². The highest BCUT2D eigenvalue weighted by molar-refractivity contribution is 7.89. The number of hydrogen-bond acceptors (Lipinski definition) is 6. The molecule has 0 aliphatic rings. The Labute approximate surface area is 135 Å². The number of sulfonamides is 1. The lowest BCUT2D eigenvalue weighted by molar-refractivity contribution is 0.105. The highest BCUT2D eigenvalue weighted by atomic mass is 32.2. The lowest BCUT2D eigenvalue weighted by Gasteiger charge is -2.11. The van der Waals surface area contributed by atoms with Gasteiger partial charge < -0.3 is 15.5 Å². The van der Waals surface area contributed by atoms with E-state index in [1.807, 2.05) is 0 Å². The van der Waals surface area contributed by atoms with Crippen molar-refractivity contribution in [1.82, 2.24) is 9.71 Å². The molecule has 1 aromatic heterocycles. The third kappa shape index (κ3) is 5.29. The van der Waals surface area contributed by atoms with Gasteiger partial charge in [0.25, 0.3) is 0 Å². The van der Waals surface area contributed by atoms with Crippen molar-refractivity contribution in [3.63, 3.8) is 0 Å². The fraction of sp³-hybridized carbons (Fsp3) is 0.267. The molecule has 2 rings (SSSR count). The Kier molecular flexibility index (Phi) is 6.05. The standard InChI is InChI=1S/C15H19N3O4S/c19-11-14(20)10-17-12-4-6-15(7-5-12)23(21,22)18-9-13-3-1-2-8-16-13/h1-8,14,17-20H,9-11H2. The second kappa shape index (κ2) is 8.02. The average molecular weight is 337 g/mol. The van der Waals surface area contributed by atoms with E-state index in [9.17, 15) is 13.5 Å². The van der Waals surface area contributed by atoms with Crippen LogP contribution < -0.4 is 10.0 Å². The van der Waals surface area contributed by atoms with E-state index in [-0.39, 0.29) is 24.6 Å². The third-order valence-corrected chi connectivity index (χ3v) is 4.50. The highest BCUT2D eigenvalue weighted by Gasteiger charge is 2.13. The fourth-order valence-electron chi connectivity index (χ4n) is 1.81. The maximum Gasteiger partial charge on any atom is 0.240 e. The van der Waals surface area contributed by atoms with Crippen LogP contribution in [-0.4, -0.2) is 42.9 Å². The Balaban J connectivity index is 1.97. The number of aliphatic hydroxyl groups is 2. The maximum absolute atomic E-state index is 12.2. The number of aromatic nitrogens is 1. The zero-order valence-corrected chi connectivity index (χ0v) is 13.2. The summed E-state index contributed by atoms with van der Waals surface area (Å²) >= 11 is 0.